The second kappa shape index (κ2) is 2.49. The molecule has 1 aliphatic rings. The second-order valence-electron chi connectivity index (χ2n) is 2.20. The smallest absolute Gasteiger partial charge is 0.321 e. The van der Waals surface area contributed by atoms with Gasteiger partial charge in [-0.3, -0.25) is 9.69 Å². The van der Waals surface area contributed by atoms with Crippen LogP contribution >= 0.6 is 12.6 Å². The van der Waals surface area contributed by atoms with E-state index in [-0.39, 0.29) is 11.2 Å². The average Bonchev–Trinajstić information content (AvgIpc) is 2.10. The SMILES string of the molecule is NC(=O)N1CC(S)CC1=O. The van der Waals surface area contributed by atoms with Crippen molar-refractivity contribution in [3.8, 4) is 0 Å². The molecular formula is C5H8N2O2S. The Morgan fingerprint density at radius 2 is 2.40 bits per heavy atom. The summed E-state index contributed by atoms with van der Waals surface area (Å²) in [6.45, 7) is 0.345. The number of nitrogens with two attached hydrogens (primary N) is 1. The van der Waals surface area contributed by atoms with E-state index in [1.165, 1.54) is 0 Å². The van der Waals surface area contributed by atoms with Crippen molar-refractivity contribution in [1.29, 1.82) is 0 Å². The van der Waals surface area contributed by atoms with Crippen LogP contribution in [-0.4, -0.2) is 28.6 Å². The number of hydrogen-bond donors (Lipinski definition) is 2. The lowest BCUT2D eigenvalue weighted by Gasteiger charge is -2.08. The quantitative estimate of drug-likeness (QED) is 0.473. The van der Waals surface area contributed by atoms with Crippen LogP contribution < -0.4 is 5.73 Å². The number of likely N-dealkylation sites (tertiary alicyclic amines) is 1. The molecule has 0 aromatic carbocycles. The van der Waals surface area contributed by atoms with Crippen LogP contribution in [0.25, 0.3) is 0 Å². The molecule has 1 unspecified atom stereocenters. The lowest BCUT2D eigenvalue weighted by Crippen LogP contribution is -2.36. The van der Waals surface area contributed by atoms with Gasteiger partial charge in [0.25, 0.3) is 0 Å². The van der Waals surface area contributed by atoms with Gasteiger partial charge in [0.15, 0.2) is 0 Å². The van der Waals surface area contributed by atoms with Crippen LogP contribution in [0.15, 0.2) is 0 Å². The number of imide groups is 1. The summed E-state index contributed by atoms with van der Waals surface area (Å²) >= 11 is 4.04. The maximum absolute atomic E-state index is 10.8. The standard InChI is InChI=1S/C5H8N2O2S/c6-5(9)7-2-3(10)1-4(7)8/h3,10H,1-2H2,(H2,6,9). The number of amides is 3. The highest BCUT2D eigenvalue weighted by Gasteiger charge is 2.30. The van der Waals surface area contributed by atoms with E-state index in [0.717, 1.165) is 4.90 Å². The van der Waals surface area contributed by atoms with Gasteiger partial charge < -0.3 is 5.73 Å². The number of hydrogen-bond acceptors (Lipinski definition) is 3. The van der Waals surface area contributed by atoms with Crippen molar-refractivity contribution in [2.24, 2.45) is 5.73 Å². The molecule has 0 bridgehead atoms. The summed E-state index contributed by atoms with van der Waals surface area (Å²) in [7, 11) is 0. The van der Waals surface area contributed by atoms with Crippen LogP contribution in [0.3, 0.4) is 0 Å². The van der Waals surface area contributed by atoms with E-state index in [9.17, 15) is 9.59 Å². The van der Waals surface area contributed by atoms with Gasteiger partial charge in [-0.1, -0.05) is 0 Å². The maximum atomic E-state index is 10.8. The van der Waals surface area contributed by atoms with Gasteiger partial charge in [0.05, 0.1) is 0 Å². The van der Waals surface area contributed by atoms with E-state index in [1.54, 1.807) is 0 Å². The summed E-state index contributed by atoms with van der Waals surface area (Å²) in [6, 6.07) is -0.679. The van der Waals surface area contributed by atoms with E-state index in [4.69, 9.17) is 5.73 Å². The minimum absolute atomic E-state index is 0.0417. The number of rotatable bonds is 0. The number of primary amides is 1. The summed E-state index contributed by atoms with van der Waals surface area (Å²) < 4.78 is 0. The molecule has 0 aliphatic carbocycles. The summed E-state index contributed by atoms with van der Waals surface area (Å²) in [5.41, 5.74) is 4.88. The first-order valence-electron chi connectivity index (χ1n) is 2.89. The Labute approximate surface area is 63.8 Å². The van der Waals surface area contributed by atoms with Crippen molar-refractivity contribution in [3.63, 3.8) is 0 Å². The van der Waals surface area contributed by atoms with Crippen molar-refractivity contribution in [2.75, 3.05) is 6.54 Å². The summed E-state index contributed by atoms with van der Waals surface area (Å²) in [5.74, 6) is -0.229. The number of carbonyl (C=O) groups is 2. The molecule has 1 fully saturated rings. The molecule has 0 aromatic heterocycles. The number of nitrogens with zero attached hydrogens (tertiary/aromatic N) is 1. The van der Waals surface area contributed by atoms with E-state index in [0.29, 0.717) is 13.0 Å². The highest BCUT2D eigenvalue weighted by Crippen LogP contribution is 2.14. The van der Waals surface area contributed by atoms with Gasteiger partial charge in [0.1, 0.15) is 0 Å². The molecule has 1 aliphatic heterocycles. The van der Waals surface area contributed by atoms with Crippen molar-refractivity contribution < 1.29 is 9.59 Å². The Balaban J connectivity index is 2.63. The van der Waals surface area contributed by atoms with E-state index < -0.39 is 6.03 Å². The van der Waals surface area contributed by atoms with E-state index in [2.05, 4.69) is 12.6 Å². The monoisotopic (exact) mass is 160 g/mol. The molecule has 0 saturated carbocycles. The van der Waals surface area contributed by atoms with Crippen LogP contribution in [0, 0.1) is 0 Å². The van der Waals surface area contributed by atoms with E-state index in [1.807, 2.05) is 0 Å². The lowest BCUT2D eigenvalue weighted by atomic mass is 10.4. The Kier molecular flexibility index (Phi) is 1.85. The Bertz CT molecular complexity index is 182. The first kappa shape index (κ1) is 7.40. The van der Waals surface area contributed by atoms with Gasteiger partial charge >= 0.3 is 6.03 Å². The first-order valence-corrected chi connectivity index (χ1v) is 3.41. The molecule has 10 heavy (non-hydrogen) atoms. The predicted molar refractivity (Wildman–Crippen MR) is 38.7 cm³/mol. The fourth-order valence-corrected chi connectivity index (χ4v) is 1.22. The van der Waals surface area contributed by atoms with Gasteiger partial charge in [-0.15, -0.1) is 0 Å². The molecule has 2 N–H and O–H groups in total. The van der Waals surface area contributed by atoms with Gasteiger partial charge in [0.2, 0.25) is 5.91 Å². The van der Waals surface area contributed by atoms with Gasteiger partial charge in [-0.25, -0.2) is 4.79 Å². The van der Waals surface area contributed by atoms with Crippen molar-refractivity contribution in [1.82, 2.24) is 4.90 Å². The zero-order valence-electron chi connectivity index (χ0n) is 5.28. The molecule has 4 nitrogen and oxygen atoms in total. The van der Waals surface area contributed by atoms with Crippen molar-refractivity contribution in [3.05, 3.63) is 0 Å². The van der Waals surface area contributed by atoms with Crippen LogP contribution in [0.2, 0.25) is 0 Å². The molecule has 0 spiro atoms. The molecule has 1 saturated heterocycles. The predicted octanol–water partition coefficient (Wildman–Crippen LogP) is -0.404. The van der Waals surface area contributed by atoms with E-state index >= 15 is 0 Å². The minimum atomic E-state index is -0.679. The molecule has 1 rings (SSSR count). The van der Waals surface area contributed by atoms with Gasteiger partial charge in [-0.05, 0) is 0 Å². The highest BCUT2D eigenvalue weighted by atomic mass is 32.1. The summed E-state index contributed by atoms with van der Waals surface area (Å²) in [4.78, 5) is 22.3. The van der Waals surface area contributed by atoms with Crippen LogP contribution in [-0.2, 0) is 4.79 Å². The molecule has 0 aromatic rings. The third-order valence-electron chi connectivity index (χ3n) is 1.37. The van der Waals surface area contributed by atoms with Crippen molar-refractivity contribution >= 4 is 24.6 Å². The topological polar surface area (TPSA) is 63.4 Å². The van der Waals surface area contributed by atoms with Crippen LogP contribution in [0.4, 0.5) is 4.79 Å². The summed E-state index contributed by atoms with van der Waals surface area (Å²) in [5, 5.41) is -0.0417. The second-order valence-corrected chi connectivity index (χ2v) is 2.93. The molecule has 1 atom stereocenters. The zero-order chi connectivity index (χ0) is 7.72. The minimum Gasteiger partial charge on any atom is -0.351 e. The first-order chi connectivity index (χ1) is 4.61. The highest BCUT2D eigenvalue weighted by molar-refractivity contribution is 7.81. The maximum Gasteiger partial charge on any atom is 0.321 e. The number of urea groups is 1. The third kappa shape index (κ3) is 1.23. The Hall–Kier alpha value is -0.710. The fourth-order valence-electron chi connectivity index (χ4n) is 0.902. The Morgan fingerprint density at radius 3 is 2.60 bits per heavy atom. The van der Waals surface area contributed by atoms with Crippen LogP contribution in [0.5, 0.6) is 0 Å². The summed E-state index contributed by atoms with van der Waals surface area (Å²) in [6.07, 6.45) is 0.312. The molecule has 1 heterocycles. The third-order valence-corrected chi connectivity index (χ3v) is 1.72. The average molecular weight is 160 g/mol. The fraction of sp³-hybridized carbons (Fsp3) is 0.600. The van der Waals surface area contributed by atoms with Crippen molar-refractivity contribution in [2.45, 2.75) is 11.7 Å². The van der Waals surface area contributed by atoms with Gasteiger partial charge in [0, 0.05) is 18.2 Å². The Morgan fingerprint density at radius 1 is 1.80 bits per heavy atom. The van der Waals surface area contributed by atoms with Crippen LogP contribution in [0.1, 0.15) is 6.42 Å². The molecule has 0 radical (unpaired) electrons. The zero-order valence-corrected chi connectivity index (χ0v) is 6.17. The molecule has 5 heteroatoms. The lowest BCUT2D eigenvalue weighted by molar-refractivity contribution is -0.125. The van der Waals surface area contributed by atoms with Gasteiger partial charge in [-0.2, -0.15) is 12.6 Å². The normalized spacial score (nSPS) is 25.5. The number of carbonyl (C=O) groups excluding carboxylic acids is 2. The molecule has 56 valence electrons. The number of thiol groups is 1. The molecular weight excluding hydrogens is 152 g/mol. The molecule has 3 amide bonds. The largest absolute Gasteiger partial charge is 0.351 e.